The summed E-state index contributed by atoms with van der Waals surface area (Å²) in [5.74, 6) is 1.26. The maximum Gasteiger partial charge on any atom is 0.247 e. The van der Waals surface area contributed by atoms with Crippen molar-refractivity contribution in [2.24, 2.45) is 0 Å². The summed E-state index contributed by atoms with van der Waals surface area (Å²) in [6.45, 7) is 0.661. The molecule has 5 heteroatoms. The van der Waals surface area contributed by atoms with Crippen molar-refractivity contribution < 1.29 is 4.42 Å². The van der Waals surface area contributed by atoms with Crippen molar-refractivity contribution in [3.8, 4) is 11.5 Å². The molecule has 1 aliphatic carbocycles. The first-order chi connectivity index (χ1) is 10.3. The van der Waals surface area contributed by atoms with E-state index in [2.05, 4.69) is 21.8 Å². The molecule has 21 heavy (non-hydrogen) atoms. The van der Waals surface area contributed by atoms with Crippen molar-refractivity contribution in [1.82, 2.24) is 15.5 Å². The maximum atomic E-state index is 5.71. The van der Waals surface area contributed by atoms with Crippen LogP contribution in [-0.4, -0.2) is 27.7 Å². The lowest BCUT2D eigenvalue weighted by molar-refractivity contribution is 0.359. The zero-order valence-electron chi connectivity index (χ0n) is 12.3. The van der Waals surface area contributed by atoms with Gasteiger partial charge in [0.1, 0.15) is 0 Å². The Bertz CT molecular complexity index is 550. The Balaban J connectivity index is 1.52. The molecule has 1 saturated carbocycles. The van der Waals surface area contributed by atoms with Crippen LogP contribution in [0.25, 0.3) is 11.5 Å². The molecule has 1 fully saturated rings. The Morgan fingerprint density at radius 2 is 1.90 bits per heavy atom. The number of benzene rings is 1. The molecule has 0 aliphatic heterocycles. The third-order valence-corrected chi connectivity index (χ3v) is 5.18. The number of hydrogen-bond donors (Lipinski definition) is 1. The van der Waals surface area contributed by atoms with E-state index in [1.165, 1.54) is 25.7 Å². The van der Waals surface area contributed by atoms with Crippen LogP contribution in [0.5, 0.6) is 0 Å². The van der Waals surface area contributed by atoms with Gasteiger partial charge < -0.3 is 9.73 Å². The van der Waals surface area contributed by atoms with Crippen molar-refractivity contribution >= 4 is 11.8 Å². The van der Waals surface area contributed by atoms with Gasteiger partial charge >= 0.3 is 0 Å². The van der Waals surface area contributed by atoms with Crippen molar-refractivity contribution in [2.75, 3.05) is 6.26 Å². The summed E-state index contributed by atoms with van der Waals surface area (Å²) in [5.41, 5.74) is 0.969. The highest BCUT2D eigenvalue weighted by molar-refractivity contribution is 7.99. The molecule has 0 spiro atoms. The molecule has 0 atom stereocenters. The number of hydrogen-bond acceptors (Lipinski definition) is 5. The van der Waals surface area contributed by atoms with Crippen LogP contribution < -0.4 is 5.32 Å². The van der Waals surface area contributed by atoms with Crippen LogP contribution in [0.4, 0.5) is 0 Å². The van der Waals surface area contributed by atoms with Gasteiger partial charge in [0.15, 0.2) is 0 Å². The Labute approximate surface area is 129 Å². The summed E-state index contributed by atoms with van der Waals surface area (Å²) >= 11 is 1.99. The molecule has 1 aliphatic rings. The smallest absolute Gasteiger partial charge is 0.247 e. The van der Waals surface area contributed by atoms with Gasteiger partial charge in [0.05, 0.1) is 6.54 Å². The molecule has 1 N–H and O–H groups in total. The predicted molar refractivity (Wildman–Crippen MR) is 86.1 cm³/mol. The highest BCUT2D eigenvalue weighted by Crippen LogP contribution is 2.27. The second-order valence-corrected chi connectivity index (χ2v) is 6.60. The number of aromatic nitrogens is 2. The average molecular weight is 303 g/mol. The van der Waals surface area contributed by atoms with E-state index in [4.69, 9.17) is 4.42 Å². The monoisotopic (exact) mass is 303 g/mol. The topological polar surface area (TPSA) is 51.0 Å². The van der Waals surface area contributed by atoms with Crippen LogP contribution in [0.1, 0.15) is 31.6 Å². The quantitative estimate of drug-likeness (QED) is 0.916. The minimum absolute atomic E-state index is 0.584. The largest absolute Gasteiger partial charge is 0.419 e. The van der Waals surface area contributed by atoms with Crippen LogP contribution in [0, 0.1) is 0 Å². The highest BCUT2D eigenvalue weighted by atomic mass is 32.2. The van der Waals surface area contributed by atoms with Crippen molar-refractivity contribution in [3.05, 3.63) is 36.2 Å². The Kier molecular flexibility index (Phi) is 4.93. The van der Waals surface area contributed by atoms with Crippen LogP contribution in [0.3, 0.4) is 0 Å². The van der Waals surface area contributed by atoms with E-state index < -0.39 is 0 Å². The maximum absolute atomic E-state index is 5.71. The fraction of sp³-hybridized carbons (Fsp3) is 0.500. The first kappa shape index (κ1) is 14.6. The molecule has 0 saturated heterocycles. The summed E-state index contributed by atoms with van der Waals surface area (Å²) in [6.07, 6.45) is 7.30. The zero-order chi connectivity index (χ0) is 14.5. The minimum Gasteiger partial charge on any atom is -0.419 e. The van der Waals surface area contributed by atoms with Gasteiger partial charge in [0.2, 0.25) is 11.8 Å². The van der Waals surface area contributed by atoms with Gasteiger partial charge in [-0.25, -0.2) is 0 Å². The molecule has 0 unspecified atom stereocenters. The summed E-state index contributed by atoms with van der Waals surface area (Å²) in [7, 11) is 0. The highest BCUT2D eigenvalue weighted by Gasteiger charge is 2.20. The van der Waals surface area contributed by atoms with Crippen LogP contribution >= 0.6 is 11.8 Å². The average Bonchev–Trinajstić information content (AvgIpc) is 3.03. The van der Waals surface area contributed by atoms with Crippen molar-refractivity contribution in [3.63, 3.8) is 0 Å². The molecule has 1 aromatic heterocycles. The fourth-order valence-corrected chi connectivity index (χ4v) is 3.50. The van der Waals surface area contributed by atoms with Crippen molar-refractivity contribution in [1.29, 1.82) is 0 Å². The van der Waals surface area contributed by atoms with Gasteiger partial charge in [-0.2, -0.15) is 11.8 Å². The van der Waals surface area contributed by atoms with Crippen LogP contribution in [0.15, 0.2) is 34.7 Å². The second-order valence-electron chi connectivity index (χ2n) is 5.46. The van der Waals surface area contributed by atoms with E-state index in [0.717, 1.165) is 10.8 Å². The van der Waals surface area contributed by atoms with Gasteiger partial charge in [-0.05, 0) is 44.1 Å². The summed E-state index contributed by atoms with van der Waals surface area (Å²) in [6, 6.07) is 10.5. The molecule has 0 amide bonds. The standard InChI is InChI=1S/C16H21N3OS/c1-21-14-9-7-13(8-10-14)17-11-15-18-19-16(20-15)12-5-3-2-4-6-12/h2-6,13-14,17H,7-11H2,1H3. The summed E-state index contributed by atoms with van der Waals surface area (Å²) in [4.78, 5) is 0. The van der Waals surface area contributed by atoms with E-state index in [9.17, 15) is 0 Å². The molecule has 0 radical (unpaired) electrons. The van der Waals surface area contributed by atoms with E-state index >= 15 is 0 Å². The van der Waals surface area contributed by atoms with Crippen LogP contribution in [0.2, 0.25) is 0 Å². The molecule has 3 rings (SSSR count). The minimum atomic E-state index is 0.584. The van der Waals surface area contributed by atoms with E-state index in [-0.39, 0.29) is 0 Å². The first-order valence-electron chi connectivity index (χ1n) is 7.49. The zero-order valence-corrected chi connectivity index (χ0v) is 13.1. The third-order valence-electron chi connectivity index (χ3n) is 4.04. The van der Waals surface area contributed by atoms with Gasteiger partial charge in [0, 0.05) is 16.9 Å². The number of nitrogens with zero attached hydrogens (tertiary/aromatic N) is 2. The lowest BCUT2D eigenvalue weighted by Gasteiger charge is -2.27. The number of rotatable bonds is 5. The van der Waals surface area contributed by atoms with Gasteiger partial charge in [-0.15, -0.1) is 10.2 Å². The SMILES string of the molecule is CSC1CCC(NCc2nnc(-c3ccccc3)o2)CC1. The Morgan fingerprint density at radius 3 is 2.62 bits per heavy atom. The van der Waals surface area contributed by atoms with Gasteiger partial charge in [-0.3, -0.25) is 0 Å². The second kappa shape index (κ2) is 7.09. The summed E-state index contributed by atoms with van der Waals surface area (Å²) < 4.78 is 5.71. The molecular formula is C16H21N3OS. The molecule has 4 nitrogen and oxygen atoms in total. The fourth-order valence-electron chi connectivity index (χ4n) is 2.76. The van der Waals surface area contributed by atoms with Crippen molar-refractivity contribution in [2.45, 2.75) is 43.5 Å². The predicted octanol–water partition coefficient (Wildman–Crippen LogP) is 3.50. The molecule has 0 bridgehead atoms. The van der Waals surface area contributed by atoms with Gasteiger partial charge in [-0.1, -0.05) is 18.2 Å². The molecule has 1 aromatic carbocycles. The summed E-state index contributed by atoms with van der Waals surface area (Å²) in [5, 5.41) is 12.6. The normalized spacial score (nSPS) is 22.3. The Morgan fingerprint density at radius 1 is 1.14 bits per heavy atom. The first-order valence-corrected chi connectivity index (χ1v) is 8.78. The number of nitrogens with one attached hydrogen (secondary N) is 1. The van der Waals surface area contributed by atoms with E-state index in [0.29, 0.717) is 24.4 Å². The molecule has 1 heterocycles. The molecule has 2 aromatic rings. The lowest BCUT2D eigenvalue weighted by Crippen LogP contribution is -2.33. The van der Waals surface area contributed by atoms with E-state index in [1.807, 2.05) is 42.1 Å². The van der Waals surface area contributed by atoms with Gasteiger partial charge in [0.25, 0.3) is 0 Å². The third kappa shape index (κ3) is 3.86. The van der Waals surface area contributed by atoms with E-state index in [1.54, 1.807) is 0 Å². The number of thioether (sulfide) groups is 1. The lowest BCUT2D eigenvalue weighted by atomic mass is 9.95. The Hall–Kier alpha value is -1.33. The molecular weight excluding hydrogens is 282 g/mol. The molecule has 112 valence electrons. The van der Waals surface area contributed by atoms with Crippen LogP contribution in [-0.2, 0) is 6.54 Å².